The topological polar surface area (TPSA) is 26.0 Å². The maximum Gasteiger partial charge on any atom is 0.139 e. The Kier molecular flexibility index (Phi) is 3.91. The number of fused-ring (bicyclic) bond motifs is 3. The van der Waals surface area contributed by atoms with Crippen LogP contribution < -0.4 is 5.73 Å². The van der Waals surface area contributed by atoms with Gasteiger partial charge in [-0.2, -0.15) is 0 Å². The number of benzene rings is 3. The highest BCUT2D eigenvalue weighted by molar-refractivity contribution is 6.04. The first-order valence-electron chi connectivity index (χ1n) is 8.95. The fourth-order valence-corrected chi connectivity index (χ4v) is 3.73. The Morgan fingerprint density at radius 2 is 1.62 bits per heavy atom. The first kappa shape index (κ1) is 16.6. The van der Waals surface area contributed by atoms with Gasteiger partial charge < -0.3 is 5.73 Å². The molecule has 0 fully saturated rings. The maximum absolute atomic E-state index is 15.8. The van der Waals surface area contributed by atoms with Crippen molar-refractivity contribution in [2.24, 2.45) is 11.7 Å². The highest BCUT2D eigenvalue weighted by Crippen LogP contribution is 2.44. The third-order valence-electron chi connectivity index (χ3n) is 5.51. The van der Waals surface area contributed by atoms with Crippen LogP contribution in [0.25, 0.3) is 22.0 Å². The smallest absolute Gasteiger partial charge is 0.139 e. The van der Waals surface area contributed by atoms with E-state index in [2.05, 4.69) is 0 Å². The van der Waals surface area contributed by atoms with Crippen LogP contribution in [0.4, 0.5) is 4.39 Å². The van der Waals surface area contributed by atoms with Crippen molar-refractivity contribution in [3.8, 4) is 0 Å². The minimum atomic E-state index is -1.50. The third-order valence-corrected chi connectivity index (χ3v) is 5.51. The van der Waals surface area contributed by atoms with Crippen molar-refractivity contribution in [1.29, 1.82) is 0 Å². The first-order valence-corrected chi connectivity index (χ1v) is 8.95. The average Bonchev–Trinajstić information content (AvgIpc) is 2.67. The minimum Gasteiger partial charge on any atom is -0.398 e. The van der Waals surface area contributed by atoms with Crippen molar-refractivity contribution in [3.63, 3.8) is 0 Å². The van der Waals surface area contributed by atoms with Crippen molar-refractivity contribution in [1.82, 2.24) is 0 Å². The van der Waals surface area contributed by atoms with Gasteiger partial charge in [0.2, 0.25) is 0 Å². The SMILES string of the molecule is CC1/C=C\C(c2ccccc2)=C(/N)c2c(ccc3ccccc23)C1(C)F. The van der Waals surface area contributed by atoms with E-state index >= 15 is 4.39 Å². The Hall–Kier alpha value is -2.87. The summed E-state index contributed by atoms with van der Waals surface area (Å²) in [4.78, 5) is 0. The summed E-state index contributed by atoms with van der Waals surface area (Å²) in [6.07, 6.45) is 3.89. The van der Waals surface area contributed by atoms with Crippen molar-refractivity contribution in [2.45, 2.75) is 19.5 Å². The fourth-order valence-electron chi connectivity index (χ4n) is 3.73. The van der Waals surface area contributed by atoms with Gasteiger partial charge >= 0.3 is 0 Å². The van der Waals surface area contributed by atoms with Gasteiger partial charge in [0.15, 0.2) is 0 Å². The van der Waals surface area contributed by atoms with Crippen LogP contribution in [0.3, 0.4) is 0 Å². The number of halogens is 1. The Labute approximate surface area is 153 Å². The molecule has 0 bridgehead atoms. The molecule has 0 heterocycles. The molecule has 0 amide bonds. The van der Waals surface area contributed by atoms with E-state index in [0.717, 1.165) is 27.5 Å². The van der Waals surface area contributed by atoms with Gasteiger partial charge in [-0.25, -0.2) is 4.39 Å². The molecule has 4 rings (SSSR count). The second-order valence-corrected chi connectivity index (χ2v) is 7.13. The van der Waals surface area contributed by atoms with E-state index in [1.807, 2.05) is 85.8 Å². The van der Waals surface area contributed by atoms with Crippen LogP contribution >= 0.6 is 0 Å². The lowest BCUT2D eigenvalue weighted by molar-refractivity contribution is 0.139. The van der Waals surface area contributed by atoms with Gasteiger partial charge in [0.05, 0.1) is 0 Å². The Morgan fingerprint density at radius 1 is 0.923 bits per heavy atom. The summed E-state index contributed by atoms with van der Waals surface area (Å²) in [6.45, 7) is 3.57. The van der Waals surface area contributed by atoms with Crippen LogP contribution in [0.2, 0.25) is 0 Å². The molecule has 2 atom stereocenters. The van der Waals surface area contributed by atoms with E-state index in [4.69, 9.17) is 5.73 Å². The molecule has 0 aliphatic heterocycles. The average molecular weight is 343 g/mol. The number of alkyl halides is 1. The zero-order chi connectivity index (χ0) is 18.3. The quantitative estimate of drug-likeness (QED) is 0.571. The molecule has 130 valence electrons. The van der Waals surface area contributed by atoms with Crippen LogP contribution in [-0.2, 0) is 5.67 Å². The number of hydrogen-bond donors (Lipinski definition) is 1. The lowest BCUT2D eigenvalue weighted by Gasteiger charge is -2.31. The van der Waals surface area contributed by atoms with E-state index in [1.165, 1.54) is 0 Å². The molecule has 0 radical (unpaired) electrons. The van der Waals surface area contributed by atoms with Crippen LogP contribution in [0.15, 0.2) is 78.9 Å². The molecule has 3 aromatic rings. The zero-order valence-corrected chi connectivity index (χ0v) is 15.0. The van der Waals surface area contributed by atoms with E-state index in [1.54, 1.807) is 6.92 Å². The molecular weight excluding hydrogens is 321 g/mol. The van der Waals surface area contributed by atoms with E-state index < -0.39 is 5.67 Å². The van der Waals surface area contributed by atoms with Gasteiger partial charge in [-0.3, -0.25) is 0 Å². The molecule has 0 aromatic heterocycles. The van der Waals surface area contributed by atoms with Crippen molar-refractivity contribution >= 4 is 22.0 Å². The zero-order valence-electron chi connectivity index (χ0n) is 15.0. The minimum absolute atomic E-state index is 0.269. The first-order chi connectivity index (χ1) is 12.5. The van der Waals surface area contributed by atoms with Gasteiger partial charge in [-0.1, -0.05) is 85.8 Å². The van der Waals surface area contributed by atoms with Gasteiger partial charge in [-0.05, 0) is 28.8 Å². The summed E-state index contributed by atoms with van der Waals surface area (Å²) in [6, 6.07) is 22.0. The molecule has 26 heavy (non-hydrogen) atoms. The van der Waals surface area contributed by atoms with Gasteiger partial charge in [0.25, 0.3) is 0 Å². The molecule has 0 saturated heterocycles. The molecule has 1 aliphatic carbocycles. The van der Waals surface area contributed by atoms with E-state index in [-0.39, 0.29) is 5.92 Å². The molecule has 1 aliphatic rings. The fraction of sp³-hybridized carbons (Fsp3) is 0.167. The summed E-state index contributed by atoms with van der Waals surface area (Å²) in [5.74, 6) is -0.269. The largest absolute Gasteiger partial charge is 0.398 e. The summed E-state index contributed by atoms with van der Waals surface area (Å²) < 4.78 is 15.8. The van der Waals surface area contributed by atoms with Crippen molar-refractivity contribution < 1.29 is 4.39 Å². The molecule has 1 nitrogen and oxygen atoms in total. The normalized spacial score (nSPS) is 26.8. The van der Waals surface area contributed by atoms with Gasteiger partial charge in [0.1, 0.15) is 5.67 Å². The highest BCUT2D eigenvalue weighted by Gasteiger charge is 2.36. The molecule has 2 N–H and O–H groups in total. The molecular formula is C24H22FN. The predicted octanol–water partition coefficient (Wildman–Crippen LogP) is 6.06. The lowest BCUT2D eigenvalue weighted by Crippen LogP contribution is -2.27. The molecule has 2 unspecified atom stereocenters. The van der Waals surface area contributed by atoms with E-state index in [0.29, 0.717) is 11.3 Å². The maximum atomic E-state index is 15.8. The van der Waals surface area contributed by atoms with Crippen LogP contribution in [0.1, 0.15) is 30.5 Å². The van der Waals surface area contributed by atoms with Crippen LogP contribution in [-0.4, -0.2) is 0 Å². The standard InChI is InChI=1S/C24H22FN/c1-16-12-14-20(17-8-4-3-5-9-17)23(26)22-19-11-7-6-10-18(19)13-15-21(22)24(16,2)25/h3-16H,26H2,1-2H3/b14-12-,23-20+. The lowest BCUT2D eigenvalue weighted by atomic mass is 9.78. The van der Waals surface area contributed by atoms with Gasteiger partial charge in [0, 0.05) is 22.8 Å². The summed E-state index contributed by atoms with van der Waals surface area (Å²) in [7, 11) is 0. The number of allylic oxidation sites excluding steroid dienone is 3. The predicted molar refractivity (Wildman–Crippen MR) is 108 cm³/mol. The number of rotatable bonds is 1. The Morgan fingerprint density at radius 3 is 2.38 bits per heavy atom. The van der Waals surface area contributed by atoms with Crippen molar-refractivity contribution in [3.05, 3.63) is 95.6 Å². The van der Waals surface area contributed by atoms with Crippen LogP contribution in [0.5, 0.6) is 0 Å². The summed E-state index contributed by atoms with van der Waals surface area (Å²) >= 11 is 0. The van der Waals surface area contributed by atoms with Crippen LogP contribution in [0, 0.1) is 5.92 Å². The van der Waals surface area contributed by atoms with Gasteiger partial charge in [-0.15, -0.1) is 0 Å². The highest BCUT2D eigenvalue weighted by atomic mass is 19.1. The molecule has 0 saturated carbocycles. The Balaban J connectivity index is 2.13. The van der Waals surface area contributed by atoms with Crippen molar-refractivity contribution in [2.75, 3.05) is 0 Å². The monoisotopic (exact) mass is 343 g/mol. The molecule has 3 aromatic carbocycles. The number of hydrogen-bond acceptors (Lipinski definition) is 1. The second kappa shape index (κ2) is 6.14. The number of nitrogens with two attached hydrogens (primary N) is 1. The molecule has 2 heteroatoms. The molecule has 0 spiro atoms. The van der Waals surface area contributed by atoms with E-state index in [9.17, 15) is 0 Å². The second-order valence-electron chi connectivity index (χ2n) is 7.13. The summed E-state index contributed by atoms with van der Waals surface area (Å²) in [5, 5.41) is 2.05. The summed E-state index contributed by atoms with van der Waals surface area (Å²) in [5.41, 5.74) is 9.24. The Bertz CT molecular complexity index is 1030. The third kappa shape index (κ3) is 2.53.